The number of benzene rings is 1. The van der Waals surface area contributed by atoms with Crippen LogP contribution in [0.3, 0.4) is 0 Å². The van der Waals surface area contributed by atoms with Crippen LogP contribution in [-0.4, -0.2) is 33.0 Å². The molecule has 0 aliphatic rings. The van der Waals surface area contributed by atoms with Gasteiger partial charge in [0, 0.05) is 12.5 Å². The summed E-state index contributed by atoms with van der Waals surface area (Å²) in [6, 6.07) is 5.54. The predicted octanol–water partition coefficient (Wildman–Crippen LogP) is 1.79. The summed E-state index contributed by atoms with van der Waals surface area (Å²) in [5.74, 6) is -0.853. The van der Waals surface area contributed by atoms with Gasteiger partial charge in [-0.2, -0.15) is 0 Å². The number of Topliss-reactive ketones (excluding diaryl/α,β-unsaturated/α-hetero) is 1. The molecule has 0 saturated heterocycles. The van der Waals surface area contributed by atoms with Crippen molar-refractivity contribution >= 4 is 11.7 Å². The van der Waals surface area contributed by atoms with Gasteiger partial charge < -0.3 is 14.8 Å². The zero-order valence-corrected chi connectivity index (χ0v) is 12.5. The SMILES string of the molecule is CC(=O)NC(C(=O)c1nnc(-c2cccc(O)c2)o1)C(C)C. The van der Waals surface area contributed by atoms with Crippen molar-refractivity contribution < 1.29 is 19.1 Å². The minimum absolute atomic E-state index is 0.0573. The Morgan fingerprint density at radius 2 is 2.00 bits per heavy atom. The molecule has 0 fully saturated rings. The normalized spacial score (nSPS) is 12.2. The standard InChI is InChI=1S/C15H17N3O4/c1-8(2)12(16-9(3)19)13(21)15-18-17-14(22-15)10-5-4-6-11(20)7-10/h4-8,12,20H,1-3H3,(H,16,19). The van der Waals surface area contributed by atoms with Gasteiger partial charge in [-0.1, -0.05) is 19.9 Å². The average molecular weight is 303 g/mol. The molecule has 2 rings (SSSR count). The highest BCUT2D eigenvalue weighted by atomic mass is 16.4. The Labute approximate surface area is 127 Å². The van der Waals surface area contributed by atoms with E-state index in [1.807, 2.05) is 13.8 Å². The molecule has 1 aromatic carbocycles. The molecule has 22 heavy (non-hydrogen) atoms. The number of hydrogen-bond acceptors (Lipinski definition) is 6. The molecule has 2 aromatic rings. The molecule has 1 unspecified atom stereocenters. The summed E-state index contributed by atoms with van der Waals surface area (Å²) >= 11 is 0. The molecule has 0 saturated carbocycles. The highest BCUT2D eigenvalue weighted by molar-refractivity contribution is 5.98. The van der Waals surface area contributed by atoms with E-state index in [2.05, 4.69) is 15.5 Å². The summed E-state index contributed by atoms with van der Waals surface area (Å²) in [5.41, 5.74) is 0.507. The van der Waals surface area contributed by atoms with Crippen LogP contribution in [0.2, 0.25) is 0 Å². The van der Waals surface area contributed by atoms with Gasteiger partial charge in [0.25, 0.3) is 5.89 Å². The molecule has 1 amide bonds. The van der Waals surface area contributed by atoms with Crippen LogP contribution in [0.15, 0.2) is 28.7 Å². The molecule has 0 radical (unpaired) electrons. The minimum atomic E-state index is -0.727. The average Bonchev–Trinajstić information content (AvgIpc) is 2.93. The van der Waals surface area contributed by atoms with Crippen molar-refractivity contribution in [3.05, 3.63) is 30.2 Å². The van der Waals surface area contributed by atoms with Crippen molar-refractivity contribution in [3.8, 4) is 17.2 Å². The van der Waals surface area contributed by atoms with E-state index in [0.717, 1.165) is 0 Å². The first-order chi connectivity index (χ1) is 10.4. The summed E-state index contributed by atoms with van der Waals surface area (Å²) < 4.78 is 5.37. The van der Waals surface area contributed by atoms with Gasteiger partial charge in [0.05, 0.1) is 6.04 Å². The summed E-state index contributed by atoms with van der Waals surface area (Å²) in [5, 5.41) is 19.6. The molecule has 1 atom stereocenters. The second kappa shape index (κ2) is 6.38. The lowest BCUT2D eigenvalue weighted by molar-refractivity contribution is -0.119. The molecule has 0 aliphatic heterocycles. The number of phenolic OH excluding ortho intramolecular Hbond substituents is 1. The topological polar surface area (TPSA) is 105 Å². The molecule has 7 nitrogen and oxygen atoms in total. The monoisotopic (exact) mass is 303 g/mol. The number of amides is 1. The number of aromatic hydroxyl groups is 1. The second-order valence-electron chi connectivity index (χ2n) is 5.25. The second-order valence-corrected chi connectivity index (χ2v) is 5.25. The maximum absolute atomic E-state index is 12.4. The van der Waals surface area contributed by atoms with Crippen LogP contribution < -0.4 is 5.32 Å². The van der Waals surface area contributed by atoms with Crippen LogP contribution in [-0.2, 0) is 4.79 Å². The van der Waals surface area contributed by atoms with E-state index >= 15 is 0 Å². The van der Waals surface area contributed by atoms with Crippen molar-refractivity contribution in [1.82, 2.24) is 15.5 Å². The molecule has 2 N–H and O–H groups in total. The van der Waals surface area contributed by atoms with Crippen LogP contribution in [0.5, 0.6) is 5.75 Å². The van der Waals surface area contributed by atoms with E-state index in [1.54, 1.807) is 12.1 Å². The van der Waals surface area contributed by atoms with E-state index in [9.17, 15) is 14.7 Å². The van der Waals surface area contributed by atoms with Gasteiger partial charge in [-0.25, -0.2) is 0 Å². The van der Waals surface area contributed by atoms with Crippen molar-refractivity contribution in [1.29, 1.82) is 0 Å². The zero-order valence-electron chi connectivity index (χ0n) is 12.5. The Morgan fingerprint density at radius 1 is 1.27 bits per heavy atom. The summed E-state index contributed by atoms with van der Waals surface area (Å²) in [6.07, 6.45) is 0. The van der Waals surface area contributed by atoms with Crippen molar-refractivity contribution in [2.75, 3.05) is 0 Å². The maximum atomic E-state index is 12.4. The van der Waals surface area contributed by atoms with E-state index in [1.165, 1.54) is 19.1 Å². The minimum Gasteiger partial charge on any atom is -0.508 e. The summed E-state index contributed by atoms with van der Waals surface area (Å²) in [6.45, 7) is 4.96. The summed E-state index contributed by atoms with van der Waals surface area (Å²) in [7, 11) is 0. The number of phenols is 1. The molecule has 0 aliphatic carbocycles. The Balaban J connectivity index is 2.26. The predicted molar refractivity (Wildman–Crippen MR) is 78.2 cm³/mol. The van der Waals surface area contributed by atoms with E-state index < -0.39 is 11.8 Å². The number of rotatable bonds is 5. The van der Waals surface area contributed by atoms with Gasteiger partial charge in [-0.15, -0.1) is 10.2 Å². The van der Waals surface area contributed by atoms with Crippen LogP contribution in [0.4, 0.5) is 0 Å². The number of nitrogens with one attached hydrogen (secondary N) is 1. The molecule has 1 heterocycles. The van der Waals surface area contributed by atoms with Gasteiger partial charge >= 0.3 is 0 Å². The highest BCUT2D eigenvalue weighted by Crippen LogP contribution is 2.22. The van der Waals surface area contributed by atoms with Gasteiger partial charge in [0.15, 0.2) is 0 Å². The zero-order chi connectivity index (χ0) is 16.3. The molecular weight excluding hydrogens is 286 g/mol. The third-order valence-corrected chi connectivity index (χ3v) is 3.04. The highest BCUT2D eigenvalue weighted by Gasteiger charge is 2.28. The van der Waals surface area contributed by atoms with Crippen LogP contribution in [0.25, 0.3) is 11.5 Å². The van der Waals surface area contributed by atoms with Crippen molar-refractivity contribution in [2.24, 2.45) is 5.92 Å². The van der Waals surface area contributed by atoms with Crippen LogP contribution >= 0.6 is 0 Å². The Morgan fingerprint density at radius 3 is 2.59 bits per heavy atom. The molecule has 116 valence electrons. The molecule has 1 aromatic heterocycles. The molecule has 0 spiro atoms. The van der Waals surface area contributed by atoms with Crippen LogP contribution in [0.1, 0.15) is 31.5 Å². The smallest absolute Gasteiger partial charge is 0.286 e. The van der Waals surface area contributed by atoms with E-state index in [-0.39, 0.29) is 29.4 Å². The Bertz CT molecular complexity index is 694. The Hall–Kier alpha value is -2.70. The van der Waals surface area contributed by atoms with Gasteiger partial charge in [0.2, 0.25) is 17.6 Å². The quantitative estimate of drug-likeness (QED) is 0.816. The first-order valence-corrected chi connectivity index (χ1v) is 6.82. The van der Waals surface area contributed by atoms with E-state index in [0.29, 0.717) is 5.56 Å². The number of hydrogen-bond donors (Lipinski definition) is 2. The number of nitrogens with zero attached hydrogens (tertiary/aromatic N) is 2. The third-order valence-electron chi connectivity index (χ3n) is 3.04. The lowest BCUT2D eigenvalue weighted by atomic mass is 10.00. The van der Waals surface area contributed by atoms with E-state index in [4.69, 9.17) is 4.42 Å². The lowest BCUT2D eigenvalue weighted by Crippen LogP contribution is -2.43. The fraction of sp³-hybridized carbons (Fsp3) is 0.333. The van der Waals surface area contributed by atoms with Crippen molar-refractivity contribution in [3.63, 3.8) is 0 Å². The first-order valence-electron chi connectivity index (χ1n) is 6.82. The third kappa shape index (κ3) is 3.49. The first kappa shape index (κ1) is 15.7. The fourth-order valence-corrected chi connectivity index (χ4v) is 1.97. The molecular formula is C15H17N3O4. The number of aromatic nitrogens is 2. The number of ketones is 1. The molecule has 0 bridgehead atoms. The van der Waals surface area contributed by atoms with Gasteiger partial charge in [-0.3, -0.25) is 9.59 Å². The maximum Gasteiger partial charge on any atom is 0.286 e. The largest absolute Gasteiger partial charge is 0.508 e. The lowest BCUT2D eigenvalue weighted by Gasteiger charge is -2.18. The molecule has 7 heteroatoms. The van der Waals surface area contributed by atoms with Gasteiger partial charge in [-0.05, 0) is 24.1 Å². The number of carbonyl (C=O) groups is 2. The van der Waals surface area contributed by atoms with Crippen molar-refractivity contribution in [2.45, 2.75) is 26.8 Å². The number of carbonyl (C=O) groups excluding carboxylic acids is 2. The van der Waals surface area contributed by atoms with Gasteiger partial charge in [0.1, 0.15) is 5.75 Å². The Kier molecular flexibility index (Phi) is 4.55. The summed E-state index contributed by atoms with van der Waals surface area (Å²) in [4.78, 5) is 23.6. The fourth-order valence-electron chi connectivity index (χ4n) is 1.97. The van der Waals surface area contributed by atoms with Crippen LogP contribution in [0, 0.1) is 5.92 Å².